The van der Waals surface area contributed by atoms with Crippen LogP contribution in [0.25, 0.3) is 0 Å². The van der Waals surface area contributed by atoms with Gasteiger partial charge in [0.05, 0.1) is 11.6 Å². The first-order valence-electron chi connectivity index (χ1n) is 6.40. The fourth-order valence-electron chi connectivity index (χ4n) is 1.79. The maximum atomic E-state index is 5.82. The second kappa shape index (κ2) is 6.53. The van der Waals surface area contributed by atoms with Crippen LogP contribution in [-0.4, -0.2) is 10.2 Å². The van der Waals surface area contributed by atoms with E-state index in [-0.39, 0.29) is 0 Å². The van der Waals surface area contributed by atoms with Gasteiger partial charge in [0.15, 0.2) is 0 Å². The summed E-state index contributed by atoms with van der Waals surface area (Å²) in [5.41, 5.74) is 1.93. The minimum atomic E-state index is 0.358. The quantitative estimate of drug-likeness (QED) is 0.753. The van der Waals surface area contributed by atoms with E-state index in [0.29, 0.717) is 17.7 Å². The highest BCUT2D eigenvalue weighted by Gasteiger charge is 2.10. The summed E-state index contributed by atoms with van der Waals surface area (Å²) in [6.45, 7) is 4.35. The molecule has 2 aromatic rings. The first-order valence-corrected chi connectivity index (χ1v) is 6.93. The van der Waals surface area contributed by atoms with Crippen molar-refractivity contribution >= 4 is 11.6 Å². The molecule has 1 unspecified atom stereocenters. The van der Waals surface area contributed by atoms with Crippen LogP contribution in [0.5, 0.6) is 11.6 Å². The van der Waals surface area contributed by atoms with Gasteiger partial charge in [-0.3, -0.25) is 0 Å². The summed E-state index contributed by atoms with van der Waals surface area (Å²) in [5.74, 6) is 2.14. The lowest BCUT2D eigenvalue weighted by atomic mass is 9.98. The summed E-state index contributed by atoms with van der Waals surface area (Å²) in [4.78, 5) is 0. The molecule has 0 saturated heterocycles. The van der Waals surface area contributed by atoms with E-state index >= 15 is 0 Å². The Kier molecular flexibility index (Phi) is 4.74. The van der Waals surface area contributed by atoms with Crippen LogP contribution < -0.4 is 4.74 Å². The molecular formula is C15H17ClN2O. The predicted octanol–water partition coefficient (Wildman–Crippen LogP) is 4.52. The zero-order valence-corrected chi connectivity index (χ0v) is 11.9. The molecule has 0 bridgehead atoms. The fraction of sp³-hybridized carbons (Fsp3) is 0.333. The molecule has 100 valence electrons. The molecular weight excluding hydrogens is 260 g/mol. The third kappa shape index (κ3) is 3.44. The number of halogens is 1. The Morgan fingerprint density at radius 2 is 1.95 bits per heavy atom. The number of para-hydroxylation sites is 1. The van der Waals surface area contributed by atoms with Gasteiger partial charge in [0.2, 0.25) is 5.88 Å². The minimum absolute atomic E-state index is 0.358. The van der Waals surface area contributed by atoms with Crippen LogP contribution in [0.1, 0.15) is 37.4 Å². The van der Waals surface area contributed by atoms with E-state index in [9.17, 15) is 0 Å². The molecule has 0 saturated carbocycles. The number of hydrogen-bond acceptors (Lipinski definition) is 3. The number of rotatable bonds is 5. The lowest BCUT2D eigenvalue weighted by Gasteiger charge is -2.14. The standard InChI is InChI=1S/C15H17ClN2O/c1-3-11(2)13-6-4-5-7-14(13)19-15-9-8-12(10-16)17-18-15/h4-9,11H,3,10H2,1-2H3. The highest BCUT2D eigenvalue weighted by atomic mass is 35.5. The van der Waals surface area contributed by atoms with Gasteiger partial charge >= 0.3 is 0 Å². The maximum Gasteiger partial charge on any atom is 0.238 e. The Morgan fingerprint density at radius 1 is 1.16 bits per heavy atom. The summed E-state index contributed by atoms with van der Waals surface area (Å²) in [6.07, 6.45) is 1.07. The fourth-order valence-corrected chi connectivity index (χ4v) is 1.93. The van der Waals surface area contributed by atoms with Crippen LogP contribution in [0.2, 0.25) is 0 Å². The average Bonchev–Trinajstić information content (AvgIpc) is 2.48. The third-order valence-corrected chi connectivity index (χ3v) is 3.38. The van der Waals surface area contributed by atoms with E-state index in [1.807, 2.05) is 24.3 Å². The Morgan fingerprint density at radius 3 is 2.58 bits per heavy atom. The highest BCUT2D eigenvalue weighted by Crippen LogP contribution is 2.31. The van der Waals surface area contributed by atoms with Gasteiger partial charge in [0, 0.05) is 6.07 Å². The van der Waals surface area contributed by atoms with Gasteiger partial charge in [0.25, 0.3) is 0 Å². The molecule has 1 atom stereocenters. The van der Waals surface area contributed by atoms with Gasteiger partial charge in [-0.2, -0.15) is 5.10 Å². The number of ether oxygens (including phenoxy) is 1. The Bertz CT molecular complexity index is 528. The lowest BCUT2D eigenvalue weighted by molar-refractivity contribution is 0.444. The van der Waals surface area contributed by atoms with Crippen molar-refractivity contribution in [2.75, 3.05) is 0 Å². The van der Waals surface area contributed by atoms with Crippen molar-refractivity contribution in [1.82, 2.24) is 10.2 Å². The zero-order valence-electron chi connectivity index (χ0n) is 11.1. The van der Waals surface area contributed by atoms with Crippen molar-refractivity contribution in [2.24, 2.45) is 0 Å². The topological polar surface area (TPSA) is 35.0 Å². The van der Waals surface area contributed by atoms with Crippen molar-refractivity contribution in [1.29, 1.82) is 0 Å². The first-order chi connectivity index (χ1) is 9.24. The van der Waals surface area contributed by atoms with Crippen molar-refractivity contribution in [3.63, 3.8) is 0 Å². The summed E-state index contributed by atoms with van der Waals surface area (Å²) in [5, 5.41) is 8.00. The Hall–Kier alpha value is -1.61. The molecule has 0 N–H and O–H groups in total. The van der Waals surface area contributed by atoms with E-state index in [1.54, 1.807) is 6.07 Å². The number of benzene rings is 1. The largest absolute Gasteiger partial charge is 0.437 e. The van der Waals surface area contributed by atoms with E-state index in [1.165, 1.54) is 5.56 Å². The van der Waals surface area contributed by atoms with Gasteiger partial charge in [-0.05, 0) is 30.0 Å². The third-order valence-electron chi connectivity index (χ3n) is 3.11. The van der Waals surface area contributed by atoms with Gasteiger partial charge in [-0.1, -0.05) is 32.0 Å². The Balaban J connectivity index is 2.22. The molecule has 1 aromatic heterocycles. The smallest absolute Gasteiger partial charge is 0.238 e. The average molecular weight is 277 g/mol. The number of nitrogens with zero attached hydrogens (tertiary/aromatic N) is 2. The SMILES string of the molecule is CCC(C)c1ccccc1Oc1ccc(CCl)nn1. The zero-order chi connectivity index (χ0) is 13.7. The number of alkyl halides is 1. The number of aromatic nitrogens is 2. The van der Waals surface area contributed by atoms with Gasteiger partial charge in [-0.15, -0.1) is 16.7 Å². The molecule has 3 nitrogen and oxygen atoms in total. The van der Waals surface area contributed by atoms with Crippen LogP contribution in [-0.2, 0) is 5.88 Å². The van der Waals surface area contributed by atoms with Crippen LogP contribution in [0, 0.1) is 0 Å². The second-order valence-corrected chi connectivity index (χ2v) is 4.71. The molecule has 1 aromatic carbocycles. The maximum absolute atomic E-state index is 5.82. The van der Waals surface area contributed by atoms with E-state index in [4.69, 9.17) is 16.3 Å². The molecule has 0 aliphatic heterocycles. The van der Waals surface area contributed by atoms with Crippen molar-refractivity contribution < 1.29 is 4.74 Å². The normalized spacial score (nSPS) is 12.2. The van der Waals surface area contributed by atoms with Crippen LogP contribution in [0.15, 0.2) is 36.4 Å². The van der Waals surface area contributed by atoms with Crippen molar-refractivity contribution in [2.45, 2.75) is 32.1 Å². The summed E-state index contributed by atoms with van der Waals surface area (Å²) in [6, 6.07) is 11.6. The monoisotopic (exact) mass is 276 g/mol. The minimum Gasteiger partial charge on any atom is -0.437 e. The van der Waals surface area contributed by atoms with E-state index < -0.39 is 0 Å². The van der Waals surface area contributed by atoms with Crippen LogP contribution in [0.4, 0.5) is 0 Å². The molecule has 0 aliphatic carbocycles. The Labute approximate surface area is 118 Å². The molecule has 19 heavy (non-hydrogen) atoms. The molecule has 0 aliphatic rings. The van der Waals surface area contributed by atoms with E-state index in [0.717, 1.165) is 17.9 Å². The number of hydrogen-bond donors (Lipinski definition) is 0. The van der Waals surface area contributed by atoms with Crippen molar-refractivity contribution in [3.8, 4) is 11.6 Å². The van der Waals surface area contributed by atoms with Gasteiger partial charge in [-0.25, -0.2) is 0 Å². The summed E-state index contributed by atoms with van der Waals surface area (Å²) in [7, 11) is 0. The second-order valence-electron chi connectivity index (χ2n) is 4.45. The molecule has 0 fully saturated rings. The van der Waals surface area contributed by atoms with Crippen LogP contribution >= 0.6 is 11.6 Å². The predicted molar refractivity (Wildman–Crippen MR) is 76.8 cm³/mol. The molecule has 0 spiro atoms. The molecule has 0 amide bonds. The molecule has 0 radical (unpaired) electrons. The molecule has 1 heterocycles. The lowest BCUT2D eigenvalue weighted by Crippen LogP contribution is -1.98. The van der Waals surface area contributed by atoms with Gasteiger partial charge < -0.3 is 4.74 Å². The van der Waals surface area contributed by atoms with Crippen LogP contribution in [0.3, 0.4) is 0 Å². The molecule has 2 rings (SSSR count). The summed E-state index contributed by atoms with van der Waals surface area (Å²) < 4.78 is 5.82. The highest BCUT2D eigenvalue weighted by molar-refractivity contribution is 6.16. The molecule has 4 heteroatoms. The first kappa shape index (κ1) is 13.8. The summed E-state index contributed by atoms with van der Waals surface area (Å²) >= 11 is 5.68. The van der Waals surface area contributed by atoms with Crippen molar-refractivity contribution in [3.05, 3.63) is 47.7 Å². The van der Waals surface area contributed by atoms with E-state index in [2.05, 4.69) is 30.1 Å². The van der Waals surface area contributed by atoms with Gasteiger partial charge in [0.1, 0.15) is 5.75 Å².